The van der Waals surface area contributed by atoms with Gasteiger partial charge in [-0.05, 0) is 49.5 Å². The Morgan fingerprint density at radius 3 is 2.12 bits per heavy atom. The summed E-state index contributed by atoms with van der Waals surface area (Å²) in [5.41, 5.74) is 6.58. The molecular formula is C20H30N4O7S. The van der Waals surface area contributed by atoms with Crippen LogP contribution in [0.3, 0.4) is 0 Å². The standard InChI is InChI=1S/C20H30N4O7S/c1-11(22-18(28)14(21)9-12-3-5-13(26)6-4-12)17(27)24-16(10-25)19(29)23-15(20(30)31)7-8-32-2/h3-6,11,14-16,25-26H,7-10,21H2,1-2H3,(H,22,28)(H,23,29)(H,24,27)(H,30,31). The van der Waals surface area contributed by atoms with Gasteiger partial charge in [0.2, 0.25) is 17.7 Å². The molecule has 11 nitrogen and oxygen atoms in total. The Morgan fingerprint density at radius 1 is 1.00 bits per heavy atom. The van der Waals surface area contributed by atoms with Crippen LogP contribution in [0.2, 0.25) is 0 Å². The number of aliphatic hydroxyl groups excluding tert-OH is 1. The van der Waals surface area contributed by atoms with E-state index in [0.717, 1.165) is 0 Å². The molecule has 1 rings (SSSR count). The Labute approximate surface area is 190 Å². The third-order valence-electron chi connectivity index (χ3n) is 4.52. The molecular weight excluding hydrogens is 440 g/mol. The quantitative estimate of drug-likeness (QED) is 0.181. The number of carbonyl (C=O) groups is 4. The minimum Gasteiger partial charge on any atom is -0.508 e. The molecule has 0 saturated carbocycles. The second-order valence-electron chi connectivity index (χ2n) is 7.13. The van der Waals surface area contributed by atoms with Gasteiger partial charge in [0.05, 0.1) is 12.6 Å². The van der Waals surface area contributed by atoms with Gasteiger partial charge in [-0.25, -0.2) is 4.79 Å². The van der Waals surface area contributed by atoms with Crippen molar-refractivity contribution in [1.82, 2.24) is 16.0 Å². The summed E-state index contributed by atoms with van der Waals surface area (Å²) < 4.78 is 0. The van der Waals surface area contributed by atoms with Gasteiger partial charge in [-0.15, -0.1) is 0 Å². The fourth-order valence-electron chi connectivity index (χ4n) is 2.62. The van der Waals surface area contributed by atoms with E-state index in [-0.39, 0.29) is 18.6 Å². The fourth-order valence-corrected chi connectivity index (χ4v) is 3.09. The van der Waals surface area contributed by atoms with Crippen LogP contribution in [0.5, 0.6) is 5.75 Å². The van der Waals surface area contributed by atoms with Crippen molar-refractivity contribution in [3.63, 3.8) is 0 Å². The number of carboxylic acids is 1. The number of aromatic hydroxyl groups is 1. The first kappa shape index (κ1) is 27.2. The number of hydrogen-bond donors (Lipinski definition) is 7. The number of amides is 3. The molecule has 3 amide bonds. The smallest absolute Gasteiger partial charge is 0.326 e. The lowest BCUT2D eigenvalue weighted by Gasteiger charge is -2.22. The van der Waals surface area contributed by atoms with Gasteiger partial charge in [0, 0.05) is 0 Å². The number of carbonyl (C=O) groups excluding carboxylic acids is 3. The molecule has 178 valence electrons. The molecule has 0 saturated heterocycles. The van der Waals surface area contributed by atoms with Gasteiger partial charge in [0.15, 0.2) is 0 Å². The van der Waals surface area contributed by atoms with Gasteiger partial charge in [-0.3, -0.25) is 14.4 Å². The molecule has 0 aliphatic rings. The zero-order chi connectivity index (χ0) is 24.3. The minimum atomic E-state index is -1.39. The lowest BCUT2D eigenvalue weighted by Crippen LogP contribution is -2.57. The normalized spacial score (nSPS) is 14.5. The van der Waals surface area contributed by atoms with Gasteiger partial charge in [-0.2, -0.15) is 11.8 Å². The average molecular weight is 471 g/mol. The number of nitrogens with two attached hydrogens (primary N) is 1. The summed E-state index contributed by atoms with van der Waals surface area (Å²) in [6.45, 7) is 0.624. The summed E-state index contributed by atoms with van der Waals surface area (Å²) in [5, 5.41) is 34.9. The van der Waals surface area contributed by atoms with Crippen LogP contribution in [0.25, 0.3) is 0 Å². The maximum absolute atomic E-state index is 12.4. The monoisotopic (exact) mass is 470 g/mol. The fraction of sp³-hybridized carbons (Fsp3) is 0.500. The second-order valence-corrected chi connectivity index (χ2v) is 8.12. The molecule has 0 aliphatic carbocycles. The lowest BCUT2D eigenvalue weighted by atomic mass is 10.1. The van der Waals surface area contributed by atoms with E-state index >= 15 is 0 Å². The SMILES string of the molecule is CSCCC(NC(=O)C(CO)NC(=O)C(C)NC(=O)C(N)Cc1ccc(O)cc1)C(=O)O. The predicted molar refractivity (Wildman–Crippen MR) is 119 cm³/mol. The molecule has 0 heterocycles. The lowest BCUT2D eigenvalue weighted by molar-refractivity contribution is -0.142. The summed E-state index contributed by atoms with van der Waals surface area (Å²) in [5.74, 6) is -2.84. The van der Waals surface area contributed by atoms with Crippen molar-refractivity contribution in [2.75, 3.05) is 18.6 Å². The zero-order valence-corrected chi connectivity index (χ0v) is 18.7. The zero-order valence-electron chi connectivity index (χ0n) is 17.9. The van der Waals surface area contributed by atoms with Crippen LogP contribution in [0, 0.1) is 0 Å². The first-order valence-corrected chi connectivity index (χ1v) is 11.3. The van der Waals surface area contributed by atoms with Gasteiger partial charge < -0.3 is 37.0 Å². The predicted octanol–water partition coefficient (Wildman–Crippen LogP) is -1.43. The maximum Gasteiger partial charge on any atom is 0.326 e. The number of aliphatic carboxylic acids is 1. The highest BCUT2D eigenvalue weighted by atomic mass is 32.2. The number of aliphatic hydroxyl groups is 1. The molecule has 12 heteroatoms. The molecule has 4 atom stereocenters. The molecule has 4 unspecified atom stereocenters. The van der Waals surface area contributed by atoms with Crippen LogP contribution < -0.4 is 21.7 Å². The van der Waals surface area contributed by atoms with Crippen LogP contribution in [0.4, 0.5) is 0 Å². The first-order valence-electron chi connectivity index (χ1n) is 9.86. The van der Waals surface area contributed by atoms with Crippen molar-refractivity contribution in [1.29, 1.82) is 0 Å². The number of benzene rings is 1. The van der Waals surface area contributed by atoms with Crippen LogP contribution >= 0.6 is 11.8 Å². The van der Waals surface area contributed by atoms with Crippen molar-refractivity contribution in [2.24, 2.45) is 5.73 Å². The highest BCUT2D eigenvalue weighted by molar-refractivity contribution is 7.98. The summed E-state index contributed by atoms with van der Waals surface area (Å²) in [6, 6.07) is 1.60. The number of phenols is 1. The third kappa shape index (κ3) is 9.12. The summed E-state index contributed by atoms with van der Waals surface area (Å²) >= 11 is 1.42. The van der Waals surface area contributed by atoms with E-state index in [2.05, 4.69) is 16.0 Å². The molecule has 0 bridgehead atoms. The molecule has 8 N–H and O–H groups in total. The van der Waals surface area contributed by atoms with Crippen molar-refractivity contribution >= 4 is 35.5 Å². The van der Waals surface area contributed by atoms with Gasteiger partial charge in [0.25, 0.3) is 0 Å². The van der Waals surface area contributed by atoms with Crippen molar-refractivity contribution < 1.29 is 34.5 Å². The van der Waals surface area contributed by atoms with Crippen LogP contribution in [0.1, 0.15) is 18.9 Å². The Morgan fingerprint density at radius 2 is 1.59 bits per heavy atom. The van der Waals surface area contributed by atoms with Crippen molar-refractivity contribution in [2.45, 2.75) is 43.9 Å². The topological polar surface area (TPSA) is 191 Å². The summed E-state index contributed by atoms with van der Waals surface area (Å²) in [4.78, 5) is 48.2. The number of carboxylic acid groups (broad SMARTS) is 1. The molecule has 0 aromatic heterocycles. The van der Waals surface area contributed by atoms with E-state index < -0.39 is 54.5 Å². The third-order valence-corrected chi connectivity index (χ3v) is 5.17. The Balaban J connectivity index is 2.61. The molecule has 0 aliphatic heterocycles. The molecule has 32 heavy (non-hydrogen) atoms. The largest absolute Gasteiger partial charge is 0.508 e. The second kappa shape index (κ2) is 13.6. The van der Waals surface area contributed by atoms with Gasteiger partial charge >= 0.3 is 5.97 Å². The van der Waals surface area contributed by atoms with Crippen molar-refractivity contribution in [3.8, 4) is 5.75 Å². The average Bonchev–Trinajstić information content (AvgIpc) is 2.75. The van der Waals surface area contributed by atoms with E-state index in [1.807, 2.05) is 0 Å². The minimum absolute atomic E-state index is 0.0819. The van der Waals surface area contributed by atoms with Crippen LogP contribution in [-0.2, 0) is 25.6 Å². The summed E-state index contributed by atoms with van der Waals surface area (Å²) in [6.07, 6.45) is 2.15. The van der Waals surface area contributed by atoms with Crippen molar-refractivity contribution in [3.05, 3.63) is 29.8 Å². The van der Waals surface area contributed by atoms with E-state index in [1.165, 1.54) is 30.8 Å². The molecule has 1 aromatic rings. The number of phenolic OH excluding ortho intramolecular Hbond substituents is 1. The Hall–Kier alpha value is -2.83. The van der Waals surface area contributed by atoms with Gasteiger partial charge in [-0.1, -0.05) is 12.1 Å². The molecule has 0 fully saturated rings. The van der Waals surface area contributed by atoms with E-state index in [1.54, 1.807) is 18.4 Å². The Kier molecular flexibility index (Phi) is 11.5. The molecule has 0 spiro atoms. The maximum atomic E-state index is 12.4. The highest BCUT2D eigenvalue weighted by Gasteiger charge is 2.28. The highest BCUT2D eigenvalue weighted by Crippen LogP contribution is 2.11. The van der Waals surface area contributed by atoms with Crippen LogP contribution in [-0.4, -0.2) is 81.8 Å². The first-order chi connectivity index (χ1) is 15.1. The number of nitrogens with one attached hydrogen (secondary N) is 3. The van der Waals surface area contributed by atoms with E-state index in [4.69, 9.17) is 5.73 Å². The summed E-state index contributed by atoms with van der Waals surface area (Å²) in [7, 11) is 0. The van der Waals surface area contributed by atoms with E-state index in [9.17, 15) is 34.5 Å². The number of thioether (sulfide) groups is 1. The molecule has 1 aromatic carbocycles. The number of hydrogen-bond acceptors (Lipinski definition) is 8. The Bertz CT molecular complexity index is 791. The van der Waals surface area contributed by atoms with E-state index in [0.29, 0.717) is 11.3 Å². The molecule has 0 radical (unpaired) electrons. The number of rotatable bonds is 13. The van der Waals surface area contributed by atoms with Crippen LogP contribution in [0.15, 0.2) is 24.3 Å². The van der Waals surface area contributed by atoms with Gasteiger partial charge in [0.1, 0.15) is 23.9 Å².